The molecule has 3 nitrogen and oxygen atoms in total. The first-order chi connectivity index (χ1) is 6.15. The second kappa shape index (κ2) is 4.78. The van der Waals surface area contributed by atoms with Gasteiger partial charge in [0, 0.05) is 3.57 Å². The maximum absolute atomic E-state index is 11.3. The van der Waals surface area contributed by atoms with Gasteiger partial charge in [0.1, 0.15) is 0 Å². The first kappa shape index (κ1) is 10.7. The van der Waals surface area contributed by atoms with Crippen LogP contribution in [0.4, 0.5) is 0 Å². The molecular formula is C8H7ClINO2. The summed E-state index contributed by atoms with van der Waals surface area (Å²) >= 11 is 7.91. The lowest BCUT2D eigenvalue weighted by atomic mass is 10.2. The van der Waals surface area contributed by atoms with Gasteiger partial charge in [-0.15, -0.1) is 0 Å². The minimum atomic E-state index is -0.342. The topological polar surface area (TPSA) is 38.3 Å². The highest BCUT2D eigenvalue weighted by Gasteiger charge is 2.09. The molecule has 0 saturated heterocycles. The molecule has 13 heavy (non-hydrogen) atoms. The highest BCUT2D eigenvalue weighted by molar-refractivity contribution is 14.1. The number of carbonyl (C=O) groups is 1. The average Bonchev–Trinajstić information content (AvgIpc) is 2.09. The van der Waals surface area contributed by atoms with Crippen LogP contribution in [0.25, 0.3) is 0 Å². The van der Waals surface area contributed by atoms with Crippen LogP contribution in [0.2, 0.25) is 5.02 Å². The highest BCUT2D eigenvalue weighted by atomic mass is 127. The Kier molecular flexibility index (Phi) is 3.95. The minimum Gasteiger partial charge on any atom is -0.277 e. The number of nitrogens with one attached hydrogen (secondary N) is 1. The summed E-state index contributed by atoms with van der Waals surface area (Å²) in [5, 5.41) is 0.412. The Morgan fingerprint density at radius 1 is 1.62 bits per heavy atom. The van der Waals surface area contributed by atoms with Crippen LogP contribution in [0, 0.1) is 3.57 Å². The van der Waals surface area contributed by atoms with Crippen molar-refractivity contribution in [2.75, 3.05) is 7.11 Å². The molecule has 0 aliphatic carbocycles. The second-order valence-electron chi connectivity index (χ2n) is 2.26. The van der Waals surface area contributed by atoms with E-state index in [0.29, 0.717) is 10.6 Å². The molecule has 0 atom stereocenters. The van der Waals surface area contributed by atoms with E-state index >= 15 is 0 Å². The van der Waals surface area contributed by atoms with Gasteiger partial charge in [-0.25, -0.2) is 5.48 Å². The lowest BCUT2D eigenvalue weighted by molar-refractivity contribution is 0.0538. The van der Waals surface area contributed by atoms with Gasteiger partial charge < -0.3 is 0 Å². The molecule has 0 saturated carbocycles. The molecule has 0 heterocycles. The van der Waals surface area contributed by atoms with Crippen molar-refractivity contribution in [2.24, 2.45) is 0 Å². The Hall–Kier alpha value is -0.330. The Bertz CT molecular complexity index is 330. The summed E-state index contributed by atoms with van der Waals surface area (Å²) < 4.78 is 0.947. The van der Waals surface area contributed by atoms with Crippen molar-refractivity contribution < 1.29 is 9.63 Å². The van der Waals surface area contributed by atoms with E-state index in [0.717, 1.165) is 3.57 Å². The summed E-state index contributed by atoms with van der Waals surface area (Å²) in [4.78, 5) is 15.8. The smallest absolute Gasteiger partial charge is 0.276 e. The fourth-order valence-electron chi connectivity index (χ4n) is 0.819. The zero-order valence-corrected chi connectivity index (χ0v) is 9.72. The van der Waals surface area contributed by atoms with Crippen LogP contribution in [-0.4, -0.2) is 13.0 Å². The Morgan fingerprint density at radius 2 is 2.31 bits per heavy atom. The summed E-state index contributed by atoms with van der Waals surface area (Å²) in [5.41, 5.74) is 2.62. The van der Waals surface area contributed by atoms with Gasteiger partial charge >= 0.3 is 0 Å². The molecule has 0 bridgehead atoms. The van der Waals surface area contributed by atoms with Crippen molar-refractivity contribution in [3.05, 3.63) is 32.4 Å². The van der Waals surface area contributed by atoms with Crippen LogP contribution in [-0.2, 0) is 4.84 Å². The molecule has 0 aromatic heterocycles. The number of hydroxylamine groups is 1. The lowest BCUT2D eigenvalue weighted by Crippen LogP contribution is -2.22. The van der Waals surface area contributed by atoms with Gasteiger partial charge in [0.2, 0.25) is 0 Å². The van der Waals surface area contributed by atoms with Crippen LogP contribution >= 0.6 is 34.2 Å². The monoisotopic (exact) mass is 311 g/mol. The number of carbonyl (C=O) groups excluding carboxylic acids is 1. The number of amides is 1. The molecule has 1 N–H and O–H groups in total. The number of hydrogen-bond donors (Lipinski definition) is 1. The van der Waals surface area contributed by atoms with Gasteiger partial charge in [0.05, 0.1) is 17.7 Å². The van der Waals surface area contributed by atoms with Gasteiger partial charge in [-0.2, -0.15) is 0 Å². The third-order valence-electron chi connectivity index (χ3n) is 1.37. The van der Waals surface area contributed by atoms with Crippen LogP contribution in [0.15, 0.2) is 18.2 Å². The van der Waals surface area contributed by atoms with Crippen LogP contribution in [0.1, 0.15) is 10.4 Å². The quantitative estimate of drug-likeness (QED) is 0.672. The molecule has 0 unspecified atom stereocenters. The van der Waals surface area contributed by atoms with E-state index in [-0.39, 0.29) is 5.91 Å². The number of rotatable bonds is 2. The van der Waals surface area contributed by atoms with E-state index in [1.807, 2.05) is 6.07 Å². The van der Waals surface area contributed by atoms with Crippen molar-refractivity contribution >= 4 is 40.1 Å². The predicted octanol–water partition coefficient (Wildman–Crippen LogP) is 2.24. The van der Waals surface area contributed by atoms with Gasteiger partial charge in [0.15, 0.2) is 0 Å². The fraction of sp³-hybridized carbons (Fsp3) is 0.125. The van der Waals surface area contributed by atoms with Crippen molar-refractivity contribution in [1.29, 1.82) is 0 Å². The predicted molar refractivity (Wildman–Crippen MR) is 58.6 cm³/mol. The molecule has 0 aliphatic heterocycles. The third kappa shape index (κ3) is 2.82. The lowest BCUT2D eigenvalue weighted by Gasteiger charge is -2.04. The summed E-state index contributed by atoms with van der Waals surface area (Å²) in [6.07, 6.45) is 0. The number of benzene rings is 1. The first-order valence-electron chi connectivity index (χ1n) is 3.43. The maximum Gasteiger partial charge on any atom is 0.276 e. The Labute approximate surface area is 94.5 Å². The normalized spacial score (nSPS) is 9.77. The van der Waals surface area contributed by atoms with E-state index in [1.165, 1.54) is 7.11 Å². The molecule has 1 amide bonds. The van der Waals surface area contributed by atoms with Gasteiger partial charge in [-0.05, 0) is 40.8 Å². The molecule has 70 valence electrons. The van der Waals surface area contributed by atoms with Gasteiger partial charge in [-0.3, -0.25) is 9.63 Å². The second-order valence-corrected chi connectivity index (χ2v) is 3.91. The standard InChI is InChI=1S/C8H7ClINO2/c1-13-11-8(12)6-4-5(10)2-3-7(6)9/h2-4H,1H3,(H,11,12). The van der Waals surface area contributed by atoms with Crippen LogP contribution < -0.4 is 5.48 Å². The Balaban J connectivity index is 2.99. The molecule has 1 rings (SSSR count). The first-order valence-corrected chi connectivity index (χ1v) is 4.89. The van der Waals surface area contributed by atoms with Gasteiger partial charge in [-0.1, -0.05) is 11.6 Å². The van der Waals surface area contributed by atoms with Crippen molar-refractivity contribution in [1.82, 2.24) is 5.48 Å². The zero-order chi connectivity index (χ0) is 9.84. The van der Waals surface area contributed by atoms with Crippen LogP contribution in [0.5, 0.6) is 0 Å². The third-order valence-corrected chi connectivity index (χ3v) is 2.37. The minimum absolute atomic E-state index is 0.342. The Morgan fingerprint density at radius 3 is 2.92 bits per heavy atom. The molecular weight excluding hydrogens is 304 g/mol. The summed E-state index contributed by atoms with van der Waals surface area (Å²) in [7, 11) is 1.37. The maximum atomic E-state index is 11.3. The van der Waals surface area contributed by atoms with Crippen molar-refractivity contribution in [3.8, 4) is 0 Å². The molecule has 0 fully saturated rings. The van der Waals surface area contributed by atoms with E-state index in [1.54, 1.807) is 12.1 Å². The summed E-state index contributed by atoms with van der Waals surface area (Å²) in [5.74, 6) is -0.342. The highest BCUT2D eigenvalue weighted by Crippen LogP contribution is 2.18. The van der Waals surface area contributed by atoms with E-state index < -0.39 is 0 Å². The van der Waals surface area contributed by atoms with E-state index in [2.05, 4.69) is 32.9 Å². The molecule has 0 aliphatic rings. The molecule has 5 heteroatoms. The summed E-state index contributed by atoms with van der Waals surface area (Å²) in [6.45, 7) is 0. The SMILES string of the molecule is CONC(=O)c1cc(I)ccc1Cl. The summed E-state index contributed by atoms with van der Waals surface area (Å²) in [6, 6.07) is 5.19. The van der Waals surface area contributed by atoms with Crippen molar-refractivity contribution in [2.45, 2.75) is 0 Å². The number of halogens is 2. The van der Waals surface area contributed by atoms with Crippen molar-refractivity contribution in [3.63, 3.8) is 0 Å². The molecule has 0 spiro atoms. The van der Waals surface area contributed by atoms with E-state index in [4.69, 9.17) is 11.6 Å². The fourth-order valence-corrected chi connectivity index (χ4v) is 1.51. The molecule has 0 radical (unpaired) electrons. The molecule has 1 aromatic rings. The van der Waals surface area contributed by atoms with Crippen LogP contribution in [0.3, 0.4) is 0 Å². The number of hydrogen-bond acceptors (Lipinski definition) is 2. The van der Waals surface area contributed by atoms with E-state index in [9.17, 15) is 4.79 Å². The largest absolute Gasteiger partial charge is 0.277 e. The average molecular weight is 312 g/mol. The van der Waals surface area contributed by atoms with Gasteiger partial charge in [0.25, 0.3) is 5.91 Å². The zero-order valence-electron chi connectivity index (χ0n) is 6.80. The molecule has 1 aromatic carbocycles.